The molecule has 2 rings (SSSR count). The van der Waals surface area contributed by atoms with Gasteiger partial charge < -0.3 is 5.32 Å². The van der Waals surface area contributed by atoms with Crippen LogP contribution in [-0.4, -0.2) is 17.5 Å². The van der Waals surface area contributed by atoms with Crippen LogP contribution in [-0.2, 0) is 0 Å². The molecule has 0 saturated heterocycles. The third-order valence-electron chi connectivity index (χ3n) is 4.78. The van der Waals surface area contributed by atoms with Crippen molar-refractivity contribution in [3.8, 4) is 0 Å². The van der Waals surface area contributed by atoms with E-state index in [1.54, 1.807) is 12.1 Å². The lowest BCUT2D eigenvalue weighted by Crippen LogP contribution is -2.56. The lowest BCUT2D eigenvalue weighted by molar-refractivity contribution is -0.386. The van der Waals surface area contributed by atoms with Crippen LogP contribution in [0.2, 0.25) is 0 Å². The van der Waals surface area contributed by atoms with Gasteiger partial charge in [0.15, 0.2) is 0 Å². The molecule has 1 aliphatic carbocycles. The van der Waals surface area contributed by atoms with Crippen LogP contribution in [0.4, 0.5) is 5.69 Å². The summed E-state index contributed by atoms with van der Waals surface area (Å²) in [6, 6.07) is 7.64. The minimum atomic E-state index is -0.258. The second kappa shape index (κ2) is 5.29. The van der Waals surface area contributed by atoms with E-state index in [4.69, 9.17) is 0 Å². The normalized spacial score (nSPS) is 29.8. The van der Waals surface area contributed by atoms with Crippen molar-refractivity contribution in [2.75, 3.05) is 6.54 Å². The highest BCUT2D eigenvalue weighted by Gasteiger charge is 2.51. The zero-order chi connectivity index (χ0) is 14.0. The molecule has 0 amide bonds. The van der Waals surface area contributed by atoms with Gasteiger partial charge in [-0.15, -0.1) is 0 Å². The fourth-order valence-corrected chi connectivity index (χ4v) is 3.34. The van der Waals surface area contributed by atoms with Gasteiger partial charge in [0.1, 0.15) is 0 Å². The Labute approximate surface area is 114 Å². The highest BCUT2D eigenvalue weighted by atomic mass is 16.6. The minimum absolute atomic E-state index is 0.113. The molecular formula is C15H22N2O2. The SMILES string of the molecule is CCNC1CC(c2ccccc2[N+](=O)[O-])C1(C)CC. The molecular weight excluding hydrogens is 240 g/mol. The van der Waals surface area contributed by atoms with Crippen molar-refractivity contribution in [2.24, 2.45) is 5.41 Å². The maximum Gasteiger partial charge on any atom is 0.272 e. The summed E-state index contributed by atoms with van der Waals surface area (Å²) in [5, 5.41) is 14.7. The Bertz CT molecular complexity index is 475. The molecule has 1 aromatic carbocycles. The Morgan fingerprint density at radius 1 is 1.42 bits per heavy atom. The Hall–Kier alpha value is -1.42. The number of nitro groups is 1. The van der Waals surface area contributed by atoms with E-state index >= 15 is 0 Å². The first kappa shape index (κ1) is 14.0. The Morgan fingerprint density at radius 2 is 2.11 bits per heavy atom. The number of para-hydroxylation sites is 1. The van der Waals surface area contributed by atoms with E-state index in [9.17, 15) is 10.1 Å². The standard InChI is InChI=1S/C15H22N2O2/c1-4-15(3)12(10-14(15)16-5-2)11-8-6-7-9-13(11)17(18)19/h6-9,12,14,16H,4-5,10H2,1-3H3. The quantitative estimate of drug-likeness (QED) is 0.653. The van der Waals surface area contributed by atoms with Gasteiger partial charge in [-0.1, -0.05) is 39.0 Å². The van der Waals surface area contributed by atoms with Crippen molar-refractivity contribution in [3.05, 3.63) is 39.9 Å². The highest BCUT2D eigenvalue weighted by molar-refractivity contribution is 5.45. The largest absolute Gasteiger partial charge is 0.314 e. The molecule has 19 heavy (non-hydrogen) atoms. The van der Waals surface area contributed by atoms with Gasteiger partial charge >= 0.3 is 0 Å². The third kappa shape index (κ3) is 2.25. The van der Waals surface area contributed by atoms with Gasteiger partial charge in [0.05, 0.1) is 4.92 Å². The Morgan fingerprint density at radius 3 is 2.68 bits per heavy atom. The Balaban J connectivity index is 2.31. The number of nitrogens with one attached hydrogen (secondary N) is 1. The number of rotatable bonds is 5. The third-order valence-corrected chi connectivity index (χ3v) is 4.78. The molecule has 0 aromatic heterocycles. The first-order valence-corrected chi connectivity index (χ1v) is 7.01. The lowest BCUT2D eigenvalue weighted by atomic mass is 9.54. The highest BCUT2D eigenvalue weighted by Crippen LogP contribution is 2.56. The molecule has 0 radical (unpaired) electrons. The van der Waals surface area contributed by atoms with Crippen molar-refractivity contribution < 1.29 is 4.92 Å². The zero-order valence-corrected chi connectivity index (χ0v) is 11.8. The smallest absolute Gasteiger partial charge is 0.272 e. The van der Waals surface area contributed by atoms with Crippen molar-refractivity contribution >= 4 is 5.69 Å². The van der Waals surface area contributed by atoms with Gasteiger partial charge in [0.2, 0.25) is 0 Å². The van der Waals surface area contributed by atoms with E-state index in [0.717, 1.165) is 24.9 Å². The molecule has 1 aliphatic rings. The number of nitrogens with zero attached hydrogens (tertiary/aromatic N) is 1. The van der Waals surface area contributed by atoms with Gasteiger partial charge in [0, 0.05) is 17.7 Å². The van der Waals surface area contributed by atoms with Crippen LogP contribution in [0, 0.1) is 15.5 Å². The number of benzene rings is 1. The molecule has 1 fully saturated rings. The molecule has 3 unspecified atom stereocenters. The van der Waals surface area contributed by atoms with Gasteiger partial charge in [-0.25, -0.2) is 0 Å². The average molecular weight is 262 g/mol. The van der Waals surface area contributed by atoms with Crippen LogP contribution >= 0.6 is 0 Å². The molecule has 0 bridgehead atoms. The van der Waals surface area contributed by atoms with Crippen molar-refractivity contribution in [2.45, 2.75) is 45.6 Å². The molecule has 1 saturated carbocycles. The molecule has 1 N–H and O–H groups in total. The summed E-state index contributed by atoms with van der Waals surface area (Å²) in [7, 11) is 0. The van der Waals surface area contributed by atoms with Crippen molar-refractivity contribution in [1.29, 1.82) is 0 Å². The van der Waals surface area contributed by atoms with Crippen LogP contribution < -0.4 is 5.32 Å². The average Bonchev–Trinajstić information content (AvgIpc) is 2.42. The first-order valence-electron chi connectivity index (χ1n) is 7.01. The zero-order valence-electron chi connectivity index (χ0n) is 11.8. The second-order valence-electron chi connectivity index (χ2n) is 5.57. The van der Waals surface area contributed by atoms with Crippen LogP contribution in [0.1, 0.15) is 45.1 Å². The summed E-state index contributed by atoms with van der Waals surface area (Å²) >= 11 is 0. The summed E-state index contributed by atoms with van der Waals surface area (Å²) in [6.07, 6.45) is 2.02. The molecule has 0 spiro atoms. The first-order chi connectivity index (χ1) is 9.04. The van der Waals surface area contributed by atoms with Gasteiger partial charge in [-0.3, -0.25) is 10.1 Å². The number of hydrogen-bond donors (Lipinski definition) is 1. The summed E-state index contributed by atoms with van der Waals surface area (Å²) in [5.41, 5.74) is 1.27. The Kier molecular flexibility index (Phi) is 3.90. The number of hydrogen-bond acceptors (Lipinski definition) is 3. The van der Waals surface area contributed by atoms with E-state index < -0.39 is 0 Å². The maximum absolute atomic E-state index is 11.2. The maximum atomic E-state index is 11.2. The van der Waals surface area contributed by atoms with E-state index in [1.165, 1.54) is 0 Å². The van der Waals surface area contributed by atoms with E-state index in [-0.39, 0.29) is 21.9 Å². The topological polar surface area (TPSA) is 55.2 Å². The van der Waals surface area contributed by atoms with Gasteiger partial charge in [-0.05, 0) is 30.7 Å². The summed E-state index contributed by atoms with van der Waals surface area (Å²) in [4.78, 5) is 10.9. The van der Waals surface area contributed by atoms with Crippen molar-refractivity contribution in [1.82, 2.24) is 5.32 Å². The molecule has 4 nitrogen and oxygen atoms in total. The van der Waals surface area contributed by atoms with Crippen molar-refractivity contribution in [3.63, 3.8) is 0 Å². The van der Waals surface area contributed by atoms with Crippen LogP contribution in [0.3, 0.4) is 0 Å². The summed E-state index contributed by atoms with van der Waals surface area (Å²) in [5.74, 6) is 0.281. The minimum Gasteiger partial charge on any atom is -0.314 e. The molecule has 0 heterocycles. The molecule has 0 aliphatic heterocycles. The predicted octanol–water partition coefficient (Wildman–Crippen LogP) is 3.48. The molecule has 1 aromatic rings. The fourth-order valence-electron chi connectivity index (χ4n) is 3.34. The fraction of sp³-hybridized carbons (Fsp3) is 0.600. The molecule has 4 heteroatoms. The van der Waals surface area contributed by atoms with E-state index in [2.05, 4.69) is 26.1 Å². The van der Waals surface area contributed by atoms with E-state index in [1.807, 2.05) is 12.1 Å². The van der Waals surface area contributed by atoms with Crippen LogP contribution in [0.5, 0.6) is 0 Å². The number of nitro benzene ring substituents is 1. The van der Waals surface area contributed by atoms with Crippen LogP contribution in [0.15, 0.2) is 24.3 Å². The van der Waals surface area contributed by atoms with Crippen LogP contribution in [0.25, 0.3) is 0 Å². The molecule has 3 atom stereocenters. The summed E-state index contributed by atoms with van der Waals surface area (Å²) < 4.78 is 0. The predicted molar refractivity (Wildman–Crippen MR) is 76.3 cm³/mol. The van der Waals surface area contributed by atoms with Gasteiger partial charge in [-0.2, -0.15) is 0 Å². The monoisotopic (exact) mass is 262 g/mol. The van der Waals surface area contributed by atoms with E-state index in [0.29, 0.717) is 6.04 Å². The summed E-state index contributed by atoms with van der Waals surface area (Å²) in [6.45, 7) is 7.47. The van der Waals surface area contributed by atoms with Gasteiger partial charge in [0.25, 0.3) is 5.69 Å². The second-order valence-corrected chi connectivity index (χ2v) is 5.57. The molecule has 104 valence electrons. The lowest BCUT2D eigenvalue weighted by Gasteiger charge is -2.54.